The zero-order valence-electron chi connectivity index (χ0n) is 14.0. The SMILES string of the molecule is CCCCCCCCCC(NCCC)C1CC2CC2C1. The summed E-state index contributed by atoms with van der Waals surface area (Å²) in [7, 11) is 0. The third kappa shape index (κ3) is 5.39. The van der Waals surface area contributed by atoms with Crippen molar-refractivity contribution >= 4 is 0 Å². The molecule has 2 rings (SSSR count). The second-order valence-electron chi connectivity index (χ2n) is 7.46. The van der Waals surface area contributed by atoms with Gasteiger partial charge < -0.3 is 5.32 Å². The van der Waals surface area contributed by atoms with Crippen molar-refractivity contribution in [3.05, 3.63) is 0 Å². The first kappa shape index (κ1) is 16.3. The van der Waals surface area contributed by atoms with E-state index in [-0.39, 0.29) is 0 Å². The average molecular weight is 280 g/mol. The number of fused-ring (bicyclic) bond motifs is 1. The fraction of sp³-hybridized carbons (Fsp3) is 1.00. The van der Waals surface area contributed by atoms with Gasteiger partial charge in [-0.05, 0) is 56.4 Å². The Hall–Kier alpha value is -0.0400. The Morgan fingerprint density at radius 2 is 1.45 bits per heavy atom. The quantitative estimate of drug-likeness (QED) is 0.462. The Labute approximate surface area is 127 Å². The topological polar surface area (TPSA) is 12.0 Å². The molecule has 2 saturated carbocycles. The number of rotatable bonds is 12. The lowest BCUT2D eigenvalue weighted by atomic mass is 9.90. The van der Waals surface area contributed by atoms with Crippen LogP contribution in [0.3, 0.4) is 0 Å². The third-order valence-corrected chi connectivity index (χ3v) is 5.62. The number of hydrogen-bond acceptors (Lipinski definition) is 1. The van der Waals surface area contributed by atoms with E-state index >= 15 is 0 Å². The van der Waals surface area contributed by atoms with Crippen LogP contribution < -0.4 is 5.32 Å². The highest BCUT2D eigenvalue weighted by Crippen LogP contribution is 2.55. The summed E-state index contributed by atoms with van der Waals surface area (Å²) < 4.78 is 0. The molecule has 0 bridgehead atoms. The molecular formula is C19H37N. The maximum Gasteiger partial charge on any atom is 0.00955 e. The van der Waals surface area contributed by atoms with Crippen molar-refractivity contribution in [2.75, 3.05) is 6.54 Å². The van der Waals surface area contributed by atoms with Crippen molar-refractivity contribution in [3.63, 3.8) is 0 Å². The first-order valence-electron chi connectivity index (χ1n) is 9.58. The lowest BCUT2D eigenvalue weighted by molar-refractivity contribution is 0.310. The average Bonchev–Trinajstić information content (AvgIpc) is 3.07. The van der Waals surface area contributed by atoms with E-state index in [1.54, 1.807) is 19.3 Å². The largest absolute Gasteiger partial charge is 0.314 e. The monoisotopic (exact) mass is 279 g/mol. The van der Waals surface area contributed by atoms with E-state index in [1.165, 1.54) is 64.3 Å². The molecule has 2 aliphatic rings. The van der Waals surface area contributed by atoms with E-state index in [0.717, 1.165) is 23.8 Å². The van der Waals surface area contributed by atoms with Crippen LogP contribution in [0.2, 0.25) is 0 Å². The van der Waals surface area contributed by atoms with Crippen LogP contribution in [-0.4, -0.2) is 12.6 Å². The number of unbranched alkanes of at least 4 members (excludes halogenated alkanes) is 6. The lowest BCUT2D eigenvalue weighted by Crippen LogP contribution is -2.36. The standard InChI is InChI=1S/C19H37N/c1-3-5-6-7-8-9-10-11-19(20-12-4-2)18-14-16-13-17(16)15-18/h16-20H,3-15H2,1-2H3. The van der Waals surface area contributed by atoms with Gasteiger partial charge in [0.2, 0.25) is 0 Å². The van der Waals surface area contributed by atoms with Gasteiger partial charge in [0.25, 0.3) is 0 Å². The molecule has 1 N–H and O–H groups in total. The molecule has 0 aliphatic heterocycles. The zero-order chi connectivity index (χ0) is 14.2. The van der Waals surface area contributed by atoms with Crippen LogP contribution in [0.25, 0.3) is 0 Å². The Balaban J connectivity index is 1.56. The van der Waals surface area contributed by atoms with Gasteiger partial charge in [-0.2, -0.15) is 0 Å². The van der Waals surface area contributed by atoms with Crippen LogP contribution in [0.1, 0.15) is 90.9 Å². The summed E-state index contributed by atoms with van der Waals surface area (Å²) in [6.45, 7) is 5.83. The van der Waals surface area contributed by atoms with Gasteiger partial charge in [-0.25, -0.2) is 0 Å². The van der Waals surface area contributed by atoms with Crippen LogP contribution >= 0.6 is 0 Å². The van der Waals surface area contributed by atoms with E-state index < -0.39 is 0 Å². The first-order valence-corrected chi connectivity index (χ1v) is 9.58. The van der Waals surface area contributed by atoms with Crippen LogP contribution in [0.5, 0.6) is 0 Å². The summed E-state index contributed by atoms with van der Waals surface area (Å²) >= 11 is 0. The van der Waals surface area contributed by atoms with E-state index in [4.69, 9.17) is 0 Å². The van der Waals surface area contributed by atoms with E-state index in [1.807, 2.05) is 0 Å². The van der Waals surface area contributed by atoms with Crippen LogP contribution in [0.4, 0.5) is 0 Å². The van der Waals surface area contributed by atoms with Crippen molar-refractivity contribution in [1.29, 1.82) is 0 Å². The van der Waals surface area contributed by atoms with Gasteiger partial charge in [-0.15, -0.1) is 0 Å². The Morgan fingerprint density at radius 3 is 2.10 bits per heavy atom. The van der Waals surface area contributed by atoms with Crippen molar-refractivity contribution in [1.82, 2.24) is 5.32 Å². The number of nitrogens with one attached hydrogen (secondary N) is 1. The van der Waals surface area contributed by atoms with Gasteiger partial charge in [-0.3, -0.25) is 0 Å². The highest BCUT2D eigenvalue weighted by atomic mass is 14.9. The van der Waals surface area contributed by atoms with Crippen molar-refractivity contribution in [2.45, 2.75) is 96.9 Å². The van der Waals surface area contributed by atoms with Gasteiger partial charge in [0, 0.05) is 6.04 Å². The fourth-order valence-corrected chi connectivity index (χ4v) is 4.25. The Bertz CT molecular complexity index is 240. The molecule has 0 spiro atoms. The van der Waals surface area contributed by atoms with Gasteiger partial charge in [-0.1, -0.05) is 58.8 Å². The summed E-state index contributed by atoms with van der Waals surface area (Å²) in [5.41, 5.74) is 0. The first-order chi connectivity index (χ1) is 9.85. The van der Waals surface area contributed by atoms with E-state index in [2.05, 4.69) is 19.2 Å². The van der Waals surface area contributed by atoms with Gasteiger partial charge in [0.1, 0.15) is 0 Å². The van der Waals surface area contributed by atoms with Crippen LogP contribution in [0.15, 0.2) is 0 Å². The molecule has 0 aromatic rings. The highest BCUT2D eigenvalue weighted by molar-refractivity contribution is 4.99. The minimum atomic E-state index is 0.846. The van der Waals surface area contributed by atoms with E-state index in [9.17, 15) is 0 Å². The molecule has 1 heteroatoms. The maximum atomic E-state index is 3.86. The molecule has 0 aromatic heterocycles. The summed E-state index contributed by atoms with van der Waals surface area (Å²) in [4.78, 5) is 0. The second-order valence-corrected chi connectivity index (χ2v) is 7.46. The van der Waals surface area contributed by atoms with Crippen molar-refractivity contribution in [3.8, 4) is 0 Å². The molecule has 3 unspecified atom stereocenters. The summed E-state index contributed by atoms with van der Waals surface area (Å²) in [6, 6.07) is 0.846. The molecule has 0 amide bonds. The minimum absolute atomic E-state index is 0.846. The molecule has 2 fully saturated rings. The summed E-state index contributed by atoms with van der Waals surface area (Å²) in [6.07, 6.45) is 17.5. The minimum Gasteiger partial charge on any atom is -0.314 e. The molecule has 0 aromatic carbocycles. The third-order valence-electron chi connectivity index (χ3n) is 5.62. The normalized spacial score (nSPS) is 29.4. The Kier molecular flexibility index (Phi) is 7.41. The Morgan fingerprint density at radius 1 is 0.800 bits per heavy atom. The van der Waals surface area contributed by atoms with Crippen molar-refractivity contribution in [2.24, 2.45) is 17.8 Å². The maximum absolute atomic E-state index is 3.86. The molecule has 3 atom stereocenters. The second kappa shape index (κ2) is 9.07. The molecule has 1 nitrogen and oxygen atoms in total. The predicted molar refractivity (Wildman–Crippen MR) is 89.0 cm³/mol. The van der Waals surface area contributed by atoms with E-state index in [0.29, 0.717) is 0 Å². The smallest absolute Gasteiger partial charge is 0.00955 e. The summed E-state index contributed by atoms with van der Waals surface area (Å²) in [5.74, 6) is 3.30. The number of hydrogen-bond donors (Lipinski definition) is 1. The fourth-order valence-electron chi connectivity index (χ4n) is 4.25. The molecule has 0 heterocycles. The molecule has 0 radical (unpaired) electrons. The van der Waals surface area contributed by atoms with Crippen LogP contribution in [0, 0.1) is 17.8 Å². The molecule has 118 valence electrons. The molecular weight excluding hydrogens is 242 g/mol. The molecule has 20 heavy (non-hydrogen) atoms. The van der Waals surface area contributed by atoms with Gasteiger partial charge in [0.05, 0.1) is 0 Å². The van der Waals surface area contributed by atoms with Gasteiger partial charge in [0.15, 0.2) is 0 Å². The van der Waals surface area contributed by atoms with Crippen molar-refractivity contribution < 1.29 is 0 Å². The lowest BCUT2D eigenvalue weighted by Gasteiger charge is -2.26. The van der Waals surface area contributed by atoms with Crippen LogP contribution in [-0.2, 0) is 0 Å². The summed E-state index contributed by atoms with van der Waals surface area (Å²) in [5, 5.41) is 3.86. The highest BCUT2D eigenvalue weighted by Gasteiger charge is 2.47. The molecule has 0 saturated heterocycles. The predicted octanol–water partition coefficient (Wildman–Crippen LogP) is 5.54. The van der Waals surface area contributed by atoms with Gasteiger partial charge >= 0.3 is 0 Å². The zero-order valence-corrected chi connectivity index (χ0v) is 14.0. The molecule has 2 aliphatic carbocycles.